The van der Waals surface area contributed by atoms with Gasteiger partial charge in [-0.15, -0.1) is 0 Å². The molecule has 1 amide bonds. The molecule has 0 fully saturated rings. The normalized spacial score (nSPS) is 12.2. The van der Waals surface area contributed by atoms with Gasteiger partial charge in [0.1, 0.15) is 11.3 Å². The predicted octanol–water partition coefficient (Wildman–Crippen LogP) is 5.39. The van der Waals surface area contributed by atoms with Crippen LogP contribution in [0.1, 0.15) is 68.7 Å². The van der Waals surface area contributed by atoms with Crippen molar-refractivity contribution in [1.82, 2.24) is 4.98 Å². The zero-order chi connectivity index (χ0) is 22.4. The Bertz CT molecular complexity index is 1190. The maximum Gasteiger partial charge on any atom is 0.261 e. The summed E-state index contributed by atoms with van der Waals surface area (Å²) in [6, 6.07) is 10.7. The van der Waals surface area contributed by atoms with Gasteiger partial charge in [-0.05, 0) is 47.1 Å². The molecule has 1 heterocycles. The number of H-pyrrole nitrogens is 1. The van der Waals surface area contributed by atoms with Gasteiger partial charge in [-0.3, -0.25) is 9.59 Å². The second-order valence-electron chi connectivity index (χ2n) is 9.87. The highest BCUT2D eigenvalue weighted by Crippen LogP contribution is 2.39. The smallest absolute Gasteiger partial charge is 0.261 e. The van der Waals surface area contributed by atoms with Crippen LogP contribution in [0.2, 0.25) is 0 Å². The number of phenolic OH excluding ortho intramolecular Hbond substituents is 1. The van der Waals surface area contributed by atoms with Gasteiger partial charge in [0.05, 0.1) is 0 Å². The van der Waals surface area contributed by atoms with E-state index in [4.69, 9.17) is 0 Å². The van der Waals surface area contributed by atoms with Crippen LogP contribution in [-0.4, -0.2) is 16.0 Å². The van der Waals surface area contributed by atoms with Crippen molar-refractivity contribution >= 4 is 22.5 Å². The van der Waals surface area contributed by atoms with Gasteiger partial charge in [-0.2, -0.15) is 0 Å². The number of fused-ring (bicyclic) bond motifs is 1. The molecule has 0 radical (unpaired) electrons. The van der Waals surface area contributed by atoms with E-state index in [2.05, 4.69) is 31.1 Å². The van der Waals surface area contributed by atoms with Crippen LogP contribution < -0.4 is 10.7 Å². The summed E-state index contributed by atoms with van der Waals surface area (Å²) in [7, 11) is 0. The molecule has 158 valence electrons. The number of rotatable bonds is 2. The molecule has 0 aliphatic heterocycles. The summed E-state index contributed by atoms with van der Waals surface area (Å²) in [5.41, 5.74) is 2.65. The first-order valence-electron chi connectivity index (χ1n) is 10.1. The molecule has 0 unspecified atom stereocenters. The highest BCUT2D eigenvalue weighted by atomic mass is 16.3. The molecule has 0 aliphatic rings. The van der Waals surface area contributed by atoms with Crippen molar-refractivity contribution in [2.75, 3.05) is 5.32 Å². The Hall–Kier alpha value is -3.08. The third-order valence-electron chi connectivity index (χ3n) is 5.32. The molecular weight excluding hydrogens is 376 g/mol. The number of aromatic hydroxyl groups is 1. The van der Waals surface area contributed by atoms with E-state index in [-0.39, 0.29) is 27.6 Å². The van der Waals surface area contributed by atoms with Crippen molar-refractivity contribution in [2.45, 2.75) is 59.3 Å². The molecule has 2 aromatic carbocycles. The lowest BCUT2D eigenvalue weighted by molar-refractivity contribution is 0.102. The molecule has 0 saturated carbocycles. The largest absolute Gasteiger partial charge is 0.508 e. The summed E-state index contributed by atoms with van der Waals surface area (Å²) in [5.74, 6) is -0.372. The standard InChI is InChI=1S/C25H30N2O3/c1-14-21(22(29)15-10-8-9-11-18(15)26-14)23(30)27-19-13-20(28)17(25(5,6)7)12-16(19)24(2,3)4/h8-13,28H,1-7H3,(H,26,29)(H,27,30). The molecule has 0 aliphatic carbocycles. The van der Waals surface area contributed by atoms with Crippen LogP contribution >= 0.6 is 0 Å². The van der Waals surface area contributed by atoms with E-state index in [1.807, 2.05) is 39.0 Å². The van der Waals surface area contributed by atoms with Crippen LogP contribution in [0.25, 0.3) is 10.9 Å². The Labute approximate surface area is 177 Å². The van der Waals surface area contributed by atoms with Crippen molar-refractivity contribution in [3.8, 4) is 5.75 Å². The number of carbonyl (C=O) groups excluding carboxylic acids is 1. The van der Waals surface area contributed by atoms with Crippen molar-refractivity contribution in [1.29, 1.82) is 0 Å². The summed E-state index contributed by atoms with van der Waals surface area (Å²) >= 11 is 0. The van der Waals surface area contributed by atoms with Crippen molar-refractivity contribution in [2.24, 2.45) is 0 Å². The predicted molar refractivity (Wildman–Crippen MR) is 123 cm³/mol. The fraction of sp³-hybridized carbons (Fsp3) is 0.360. The number of pyridine rings is 1. The second-order valence-corrected chi connectivity index (χ2v) is 9.87. The van der Waals surface area contributed by atoms with Gasteiger partial charge in [0, 0.05) is 28.4 Å². The Balaban J connectivity index is 2.13. The van der Waals surface area contributed by atoms with Crippen LogP contribution in [0.3, 0.4) is 0 Å². The number of aromatic nitrogens is 1. The number of anilines is 1. The number of hydrogen-bond acceptors (Lipinski definition) is 3. The van der Waals surface area contributed by atoms with Crippen LogP contribution in [0.5, 0.6) is 5.75 Å². The molecule has 0 atom stereocenters. The third-order valence-corrected chi connectivity index (χ3v) is 5.32. The average molecular weight is 407 g/mol. The van der Waals surface area contributed by atoms with Crippen molar-refractivity contribution in [3.05, 3.63) is 69.0 Å². The Morgan fingerprint density at radius 2 is 1.57 bits per heavy atom. The quantitative estimate of drug-likeness (QED) is 0.534. The van der Waals surface area contributed by atoms with E-state index >= 15 is 0 Å². The van der Waals surface area contributed by atoms with Gasteiger partial charge < -0.3 is 15.4 Å². The molecule has 5 heteroatoms. The molecule has 1 aromatic heterocycles. The minimum absolute atomic E-state index is 0.0768. The average Bonchev–Trinajstić information content (AvgIpc) is 2.59. The van der Waals surface area contributed by atoms with Crippen LogP contribution in [-0.2, 0) is 10.8 Å². The summed E-state index contributed by atoms with van der Waals surface area (Å²) in [6.45, 7) is 14.0. The highest BCUT2D eigenvalue weighted by molar-refractivity contribution is 6.07. The summed E-state index contributed by atoms with van der Waals surface area (Å²) < 4.78 is 0. The molecule has 5 nitrogen and oxygen atoms in total. The highest BCUT2D eigenvalue weighted by Gasteiger charge is 2.27. The molecule has 0 bridgehead atoms. The molecule has 0 saturated heterocycles. The Morgan fingerprint density at radius 3 is 2.17 bits per heavy atom. The van der Waals surface area contributed by atoms with Gasteiger partial charge in [0.25, 0.3) is 5.91 Å². The number of aromatic amines is 1. The maximum absolute atomic E-state index is 13.2. The number of nitrogens with one attached hydrogen (secondary N) is 2. The fourth-order valence-corrected chi connectivity index (χ4v) is 3.73. The number of hydrogen-bond donors (Lipinski definition) is 3. The van der Waals surface area contributed by atoms with Crippen LogP contribution in [0.15, 0.2) is 41.2 Å². The first-order chi connectivity index (χ1) is 13.8. The zero-order valence-corrected chi connectivity index (χ0v) is 18.7. The number of phenols is 1. The number of carbonyl (C=O) groups is 1. The molecular formula is C25H30N2O3. The van der Waals surface area contributed by atoms with E-state index < -0.39 is 5.91 Å². The molecule has 3 N–H and O–H groups in total. The summed E-state index contributed by atoms with van der Waals surface area (Å²) in [6.07, 6.45) is 0. The van der Waals surface area contributed by atoms with E-state index in [1.54, 1.807) is 25.1 Å². The number of aryl methyl sites for hydroxylation is 1. The summed E-state index contributed by atoms with van der Waals surface area (Å²) in [4.78, 5) is 29.3. The fourth-order valence-electron chi connectivity index (χ4n) is 3.73. The lowest BCUT2D eigenvalue weighted by Gasteiger charge is -2.28. The number of amides is 1. The van der Waals surface area contributed by atoms with Gasteiger partial charge in [0.2, 0.25) is 5.43 Å². The Morgan fingerprint density at radius 1 is 0.967 bits per heavy atom. The third kappa shape index (κ3) is 3.97. The van der Waals surface area contributed by atoms with Crippen molar-refractivity contribution < 1.29 is 9.90 Å². The maximum atomic E-state index is 13.2. The zero-order valence-electron chi connectivity index (χ0n) is 18.7. The van der Waals surface area contributed by atoms with Crippen molar-refractivity contribution in [3.63, 3.8) is 0 Å². The SMILES string of the molecule is Cc1[nH]c2ccccc2c(=O)c1C(=O)Nc1cc(O)c(C(C)(C)C)cc1C(C)(C)C. The number of benzene rings is 2. The lowest BCUT2D eigenvalue weighted by atomic mass is 9.79. The number of para-hydroxylation sites is 1. The summed E-state index contributed by atoms with van der Waals surface area (Å²) in [5, 5.41) is 14.0. The minimum Gasteiger partial charge on any atom is -0.508 e. The topological polar surface area (TPSA) is 82.2 Å². The van der Waals surface area contributed by atoms with Crippen LogP contribution in [0.4, 0.5) is 5.69 Å². The first-order valence-corrected chi connectivity index (χ1v) is 10.1. The molecule has 3 aromatic rings. The van der Waals surface area contributed by atoms with Crippen LogP contribution in [0, 0.1) is 6.92 Å². The monoisotopic (exact) mass is 406 g/mol. The second kappa shape index (κ2) is 7.31. The van der Waals surface area contributed by atoms with E-state index in [9.17, 15) is 14.7 Å². The molecule has 3 rings (SSSR count). The van der Waals surface area contributed by atoms with Gasteiger partial charge in [-0.25, -0.2) is 0 Å². The van der Waals surface area contributed by atoms with E-state index in [0.29, 0.717) is 22.3 Å². The van der Waals surface area contributed by atoms with Gasteiger partial charge in [0.15, 0.2) is 0 Å². The minimum atomic E-state index is -0.493. The molecule has 0 spiro atoms. The lowest BCUT2D eigenvalue weighted by Crippen LogP contribution is -2.26. The first kappa shape index (κ1) is 21.6. The van der Waals surface area contributed by atoms with Gasteiger partial charge >= 0.3 is 0 Å². The Kier molecular flexibility index (Phi) is 5.27. The van der Waals surface area contributed by atoms with E-state index in [0.717, 1.165) is 11.1 Å². The van der Waals surface area contributed by atoms with E-state index in [1.165, 1.54) is 0 Å². The van der Waals surface area contributed by atoms with Gasteiger partial charge in [-0.1, -0.05) is 53.7 Å². The molecule has 30 heavy (non-hydrogen) atoms.